The highest BCUT2D eigenvalue weighted by atomic mass is 16.4. The molecule has 19 heavy (non-hydrogen) atoms. The standard InChI is InChI=1S/C16H23NO2/c1-11-6-12(2)8-15(7-11)13(3)17-5-4-14(10-17)9-16(18)19/h6-8,13-14H,4-5,9-10H2,1-3H3,(H,18,19). The highest BCUT2D eigenvalue weighted by Crippen LogP contribution is 2.29. The minimum absolute atomic E-state index is 0.302. The van der Waals surface area contributed by atoms with Crippen LogP contribution in [0, 0.1) is 19.8 Å². The molecular weight excluding hydrogens is 238 g/mol. The quantitative estimate of drug-likeness (QED) is 0.905. The maximum Gasteiger partial charge on any atom is 0.303 e. The van der Waals surface area contributed by atoms with Gasteiger partial charge < -0.3 is 5.11 Å². The van der Waals surface area contributed by atoms with Crippen LogP contribution in [-0.4, -0.2) is 29.1 Å². The van der Waals surface area contributed by atoms with E-state index in [0.717, 1.165) is 19.5 Å². The van der Waals surface area contributed by atoms with E-state index in [9.17, 15) is 4.79 Å². The van der Waals surface area contributed by atoms with Crippen molar-refractivity contribution in [3.8, 4) is 0 Å². The summed E-state index contributed by atoms with van der Waals surface area (Å²) < 4.78 is 0. The molecule has 0 spiro atoms. The van der Waals surface area contributed by atoms with Crippen LogP contribution in [0.4, 0.5) is 0 Å². The maximum absolute atomic E-state index is 10.8. The van der Waals surface area contributed by atoms with Crippen molar-refractivity contribution in [2.24, 2.45) is 5.92 Å². The molecule has 3 heteroatoms. The first kappa shape index (κ1) is 14.1. The van der Waals surface area contributed by atoms with Crippen molar-refractivity contribution in [3.63, 3.8) is 0 Å². The van der Waals surface area contributed by atoms with E-state index in [2.05, 4.69) is 43.9 Å². The molecule has 0 aliphatic carbocycles. The average molecular weight is 261 g/mol. The number of carbonyl (C=O) groups is 1. The molecule has 1 aromatic rings. The Bertz CT molecular complexity index is 450. The third-order valence-electron chi connectivity index (χ3n) is 4.05. The minimum Gasteiger partial charge on any atom is -0.481 e. The van der Waals surface area contributed by atoms with Crippen LogP contribution in [0.25, 0.3) is 0 Å². The highest BCUT2D eigenvalue weighted by molar-refractivity contribution is 5.67. The van der Waals surface area contributed by atoms with Crippen LogP contribution in [-0.2, 0) is 4.79 Å². The Morgan fingerprint density at radius 2 is 2.00 bits per heavy atom. The summed E-state index contributed by atoms with van der Waals surface area (Å²) in [5.41, 5.74) is 3.93. The van der Waals surface area contributed by atoms with E-state index in [0.29, 0.717) is 18.4 Å². The number of carboxylic acid groups (broad SMARTS) is 1. The largest absolute Gasteiger partial charge is 0.481 e. The van der Waals surface area contributed by atoms with E-state index in [4.69, 9.17) is 5.11 Å². The Balaban J connectivity index is 2.04. The fraction of sp³-hybridized carbons (Fsp3) is 0.562. The average Bonchev–Trinajstić information content (AvgIpc) is 2.74. The molecule has 2 unspecified atom stereocenters. The number of aryl methyl sites for hydroxylation is 2. The predicted molar refractivity (Wildman–Crippen MR) is 76.3 cm³/mol. The van der Waals surface area contributed by atoms with Gasteiger partial charge in [0.05, 0.1) is 0 Å². The van der Waals surface area contributed by atoms with Crippen molar-refractivity contribution in [2.45, 2.75) is 39.7 Å². The lowest BCUT2D eigenvalue weighted by molar-refractivity contribution is -0.138. The molecule has 0 radical (unpaired) electrons. The molecule has 1 N–H and O–H groups in total. The molecule has 0 saturated carbocycles. The van der Waals surface area contributed by atoms with Crippen LogP contribution in [0.3, 0.4) is 0 Å². The number of hydrogen-bond acceptors (Lipinski definition) is 2. The van der Waals surface area contributed by atoms with E-state index in [1.165, 1.54) is 16.7 Å². The molecule has 104 valence electrons. The molecule has 3 nitrogen and oxygen atoms in total. The summed E-state index contributed by atoms with van der Waals surface area (Å²) in [4.78, 5) is 13.2. The predicted octanol–water partition coefficient (Wildman–Crippen LogP) is 3.16. The Morgan fingerprint density at radius 1 is 1.37 bits per heavy atom. The lowest BCUT2D eigenvalue weighted by atomic mass is 10.0. The summed E-state index contributed by atoms with van der Waals surface area (Å²) >= 11 is 0. The molecular formula is C16H23NO2. The number of likely N-dealkylation sites (tertiary alicyclic amines) is 1. The van der Waals surface area contributed by atoms with Crippen LogP contribution >= 0.6 is 0 Å². The first-order chi connectivity index (χ1) is 8.95. The summed E-state index contributed by atoms with van der Waals surface area (Å²) in [5.74, 6) is -0.364. The first-order valence-corrected chi connectivity index (χ1v) is 6.99. The smallest absolute Gasteiger partial charge is 0.303 e. The Morgan fingerprint density at radius 3 is 2.58 bits per heavy atom. The van der Waals surface area contributed by atoms with Crippen molar-refractivity contribution in [1.29, 1.82) is 0 Å². The Hall–Kier alpha value is -1.35. The lowest BCUT2D eigenvalue weighted by Gasteiger charge is -2.25. The van der Waals surface area contributed by atoms with Crippen molar-refractivity contribution in [3.05, 3.63) is 34.9 Å². The van der Waals surface area contributed by atoms with Gasteiger partial charge in [-0.1, -0.05) is 29.3 Å². The van der Waals surface area contributed by atoms with E-state index in [1.807, 2.05) is 0 Å². The van der Waals surface area contributed by atoms with Crippen molar-refractivity contribution in [2.75, 3.05) is 13.1 Å². The third kappa shape index (κ3) is 3.57. The zero-order chi connectivity index (χ0) is 14.0. The molecule has 0 aromatic heterocycles. The molecule has 2 atom stereocenters. The Kier molecular flexibility index (Phi) is 4.25. The van der Waals surface area contributed by atoms with Crippen molar-refractivity contribution >= 4 is 5.97 Å². The number of carboxylic acids is 1. The monoisotopic (exact) mass is 261 g/mol. The highest BCUT2D eigenvalue weighted by Gasteiger charge is 2.28. The van der Waals surface area contributed by atoms with Crippen molar-refractivity contribution < 1.29 is 9.90 Å². The van der Waals surface area contributed by atoms with Crippen LogP contribution in [0.5, 0.6) is 0 Å². The lowest BCUT2D eigenvalue weighted by Crippen LogP contribution is -2.25. The van der Waals surface area contributed by atoms with Gasteiger partial charge in [-0.3, -0.25) is 9.69 Å². The van der Waals surface area contributed by atoms with Gasteiger partial charge in [0.15, 0.2) is 0 Å². The second kappa shape index (κ2) is 5.74. The normalized spacial score (nSPS) is 21.5. The molecule has 0 bridgehead atoms. The fourth-order valence-electron chi connectivity index (χ4n) is 3.09. The van der Waals surface area contributed by atoms with Crippen LogP contribution in [0.1, 0.15) is 42.5 Å². The molecule has 1 aromatic carbocycles. The second-order valence-corrected chi connectivity index (χ2v) is 5.84. The van der Waals surface area contributed by atoms with Gasteiger partial charge in [-0.15, -0.1) is 0 Å². The van der Waals surface area contributed by atoms with Gasteiger partial charge >= 0.3 is 5.97 Å². The summed E-state index contributed by atoms with van der Waals surface area (Å²) in [6.07, 6.45) is 1.30. The van der Waals surface area contributed by atoms with Gasteiger partial charge in [-0.2, -0.15) is 0 Å². The number of aliphatic carboxylic acids is 1. The SMILES string of the molecule is Cc1cc(C)cc(C(C)N2CCC(CC(=O)O)C2)c1. The third-order valence-corrected chi connectivity index (χ3v) is 4.05. The van der Waals surface area contributed by atoms with E-state index >= 15 is 0 Å². The van der Waals surface area contributed by atoms with Crippen LogP contribution < -0.4 is 0 Å². The molecule has 1 saturated heterocycles. The Labute approximate surface area is 115 Å². The summed E-state index contributed by atoms with van der Waals surface area (Å²) in [6, 6.07) is 7.04. The molecule has 2 rings (SSSR count). The van der Waals surface area contributed by atoms with Gasteiger partial charge in [0, 0.05) is 19.0 Å². The zero-order valence-electron chi connectivity index (χ0n) is 12.0. The molecule has 1 aliphatic rings. The summed E-state index contributed by atoms with van der Waals surface area (Å²) in [7, 11) is 0. The fourth-order valence-corrected chi connectivity index (χ4v) is 3.09. The second-order valence-electron chi connectivity index (χ2n) is 5.84. The number of nitrogens with zero attached hydrogens (tertiary/aromatic N) is 1. The molecule has 1 fully saturated rings. The maximum atomic E-state index is 10.8. The number of hydrogen-bond donors (Lipinski definition) is 1. The van der Waals surface area contributed by atoms with Crippen LogP contribution in [0.2, 0.25) is 0 Å². The molecule has 1 aliphatic heterocycles. The minimum atomic E-state index is -0.675. The first-order valence-electron chi connectivity index (χ1n) is 6.99. The van der Waals surface area contributed by atoms with Gasteiger partial charge in [0.2, 0.25) is 0 Å². The zero-order valence-corrected chi connectivity index (χ0v) is 12.0. The number of benzene rings is 1. The molecule has 0 amide bonds. The summed E-state index contributed by atoms with van der Waals surface area (Å²) in [5, 5.41) is 8.87. The topological polar surface area (TPSA) is 40.5 Å². The van der Waals surface area contributed by atoms with Crippen molar-refractivity contribution in [1.82, 2.24) is 4.90 Å². The number of rotatable bonds is 4. The van der Waals surface area contributed by atoms with E-state index in [1.54, 1.807) is 0 Å². The van der Waals surface area contributed by atoms with Gasteiger partial charge in [0.25, 0.3) is 0 Å². The summed E-state index contributed by atoms with van der Waals surface area (Å²) in [6.45, 7) is 8.38. The van der Waals surface area contributed by atoms with Gasteiger partial charge in [0.1, 0.15) is 0 Å². The van der Waals surface area contributed by atoms with Crippen LogP contribution in [0.15, 0.2) is 18.2 Å². The van der Waals surface area contributed by atoms with E-state index in [-0.39, 0.29) is 0 Å². The van der Waals surface area contributed by atoms with E-state index < -0.39 is 5.97 Å². The van der Waals surface area contributed by atoms with Gasteiger partial charge in [-0.05, 0) is 45.2 Å². The molecule has 1 heterocycles. The van der Waals surface area contributed by atoms with Gasteiger partial charge in [-0.25, -0.2) is 0 Å².